The molecule has 1 spiro atoms. The standard InChI is InChI=1S/C31H40F3N7O2/c32-31(33,34)27-24(9-14-30(38-27)12-4-2-1-3-5-13-30)20-37-29(43)23-7-6-8-25(19-23)36-21-26-39-40-28(41(26)17-18-42)22-10-15-35-16-11-22/h6-8,10-11,15-16,19,24,27,36,38,42H,1-5,9,12-14,17-18,20-21H2,(H,37,43). The van der Waals surface area contributed by atoms with Crippen molar-refractivity contribution in [3.63, 3.8) is 0 Å². The zero-order valence-electron chi connectivity index (χ0n) is 24.2. The number of aromatic nitrogens is 4. The number of carbonyl (C=O) groups is 1. The normalized spacial score (nSPS) is 20.7. The molecule has 1 saturated carbocycles. The zero-order valence-corrected chi connectivity index (χ0v) is 24.2. The fraction of sp³-hybridized carbons (Fsp3) is 0.548. The van der Waals surface area contributed by atoms with E-state index in [-0.39, 0.29) is 19.7 Å². The largest absolute Gasteiger partial charge is 0.404 e. The van der Waals surface area contributed by atoms with Crippen molar-refractivity contribution >= 4 is 11.6 Å². The number of nitrogens with one attached hydrogen (secondary N) is 3. The van der Waals surface area contributed by atoms with Gasteiger partial charge in [-0.2, -0.15) is 13.2 Å². The van der Waals surface area contributed by atoms with E-state index in [1.807, 2.05) is 16.7 Å². The number of nitrogens with zero attached hydrogens (tertiary/aromatic N) is 4. The maximum absolute atomic E-state index is 14.2. The second kappa shape index (κ2) is 13.9. The number of hydrogen-bond donors (Lipinski definition) is 4. The molecule has 1 aromatic carbocycles. The number of alkyl halides is 3. The highest BCUT2D eigenvalue weighted by molar-refractivity contribution is 5.95. The van der Waals surface area contributed by atoms with Gasteiger partial charge in [-0.25, -0.2) is 0 Å². The molecule has 5 rings (SSSR count). The molecule has 0 radical (unpaired) electrons. The summed E-state index contributed by atoms with van der Waals surface area (Å²) in [5.41, 5.74) is 1.36. The van der Waals surface area contributed by atoms with E-state index < -0.39 is 29.6 Å². The van der Waals surface area contributed by atoms with Crippen LogP contribution in [0.4, 0.5) is 18.9 Å². The maximum atomic E-state index is 14.2. The first-order valence-corrected chi connectivity index (χ1v) is 15.2. The lowest BCUT2D eigenvalue weighted by molar-refractivity contribution is -0.181. The van der Waals surface area contributed by atoms with E-state index in [2.05, 4.69) is 31.1 Å². The van der Waals surface area contributed by atoms with Crippen LogP contribution in [0, 0.1) is 5.92 Å². The van der Waals surface area contributed by atoms with Crippen LogP contribution in [0.5, 0.6) is 0 Å². The highest BCUT2D eigenvalue weighted by Crippen LogP contribution is 2.41. The zero-order chi connectivity index (χ0) is 30.3. The molecule has 4 N–H and O–H groups in total. The van der Waals surface area contributed by atoms with Gasteiger partial charge in [0.25, 0.3) is 5.91 Å². The Morgan fingerprint density at radius 2 is 1.79 bits per heavy atom. The van der Waals surface area contributed by atoms with Crippen LogP contribution in [0.3, 0.4) is 0 Å². The van der Waals surface area contributed by atoms with Crippen LogP contribution in [0.1, 0.15) is 74.0 Å². The lowest BCUT2D eigenvalue weighted by Gasteiger charge is -2.47. The summed E-state index contributed by atoms with van der Waals surface area (Å²) < 4.78 is 44.4. The number of piperidine rings is 1. The molecule has 1 aliphatic heterocycles. The van der Waals surface area contributed by atoms with Gasteiger partial charge >= 0.3 is 6.18 Å². The topological polar surface area (TPSA) is 117 Å². The minimum absolute atomic E-state index is 0.0498. The van der Waals surface area contributed by atoms with Gasteiger partial charge in [0.2, 0.25) is 0 Å². The lowest BCUT2D eigenvalue weighted by Crippen LogP contribution is -2.63. The van der Waals surface area contributed by atoms with Gasteiger partial charge in [-0.1, -0.05) is 38.2 Å². The molecule has 232 valence electrons. The smallest absolute Gasteiger partial charge is 0.395 e. The molecule has 1 saturated heterocycles. The fourth-order valence-electron chi connectivity index (χ4n) is 6.49. The number of aliphatic hydroxyl groups is 1. The predicted octanol–water partition coefficient (Wildman–Crippen LogP) is 5.09. The minimum Gasteiger partial charge on any atom is -0.395 e. The van der Waals surface area contributed by atoms with Crippen molar-refractivity contribution in [2.24, 2.45) is 5.92 Å². The number of aliphatic hydroxyl groups excluding tert-OH is 1. The molecule has 2 atom stereocenters. The molecule has 1 aliphatic carbocycles. The molecule has 2 aromatic heterocycles. The predicted molar refractivity (Wildman–Crippen MR) is 157 cm³/mol. The van der Waals surface area contributed by atoms with E-state index in [0.29, 0.717) is 42.3 Å². The highest BCUT2D eigenvalue weighted by atomic mass is 19.4. The number of pyridine rings is 1. The molecule has 3 heterocycles. The van der Waals surface area contributed by atoms with Gasteiger partial charge in [-0.3, -0.25) is 9.78 Å². The van der Waals surface area contributed by atoms with Gasteiger partial charge in [0.1, 0.15) is 6.04 Å². The van der Waals surface area contributed by atoms with Crippen molar-refractivity contribution in [1.82, 2.24) is 30.4 Å². The summed E-state index contributed by atoms with van der Waals surface area (Å²) in [5, 5.41) is 27.2. The summed E-state index contributed by atoms with van der Waals surface area (Å²) >= 11 is 0. The molecule has 2 aliphatic rings. The fourth-order valence-corrected chi connectivity index (χ4v) is 6.49. The Labute approximate surface area is 249 Å². The Bertz CT molecular complexity index is 1340. The van der Waals surface area contributed by atoms with Gasteiger partial charge in [-0.15, -0.1) is 10.2 Å². The molecule has 2 fully saturated rings. The maximum Gasteiger partial charge on any atom is 0.404 e. The van der Waals surface area contributed by atoms with E-state index in [0.717, 1.165) is 50.5 Å². The SMILES string of the molecule is O=C(NCC1CCC2(CCCCCCC2)NC1C(F)(F)F)c1cccc(NCc2nnc(-c3ccncc3)n2CCO)c1. The van der Waals surface area contributed by atoms with E-state index >= 15 is 0 Å². The first-order valence-electron chi connectivity index (χ1n) is 15.2. The first kappa shape index (κ1) is 30.9. The third-order valence-electron chi connectivity index (χ3n) is 8.78. The summed E-state index contributed by atoms with van der Waals surface area (Å²) in [6.07, 6.45) is 6.82. The van der Waals surface area contributed by atoms with Gasteiger partial charge in [0, 0.05) is 53.8 Å². The minimum atomic E-state index is -4.39. The molecule has 1 amide bonds. The van der Waals surface area contributed by atoms with Gasteiger partial charge < -0.3 is 25.6 Å². The van der Waals surface area contributed by atoms with Crippen molar-refractivity contribution in [3.8, 4) is 11.4 Å². The molecular weight excluding hydrogens is 559 g/mol. The summed E-state index contributed by atoms with van der Waals surface area (Å²) in [6.45, 7) is 0.448. The molecule has 9 nitrogen and oxygen atoms in total. The first-order chi connectivity index (χ1) is 20.8. The van der Waals surface area contributed by atoms with Crippen LogP contribution < -0.4 is 16.0 Å². The van der Waals surface area contributed by atoms with Crippen LogP contribution in [0.25, 0.3) is 11.4 Å². The van der Waals surface area contributed by atoms with Crippen molar-refractivity contribution in [2.45, 2.75) is 88.6 Å². The Morgan fingerprint density at radius 3 is 2.51 bits per heavy atom. The Hall–Kier alpha value is -3.51. The second-order valence-electron chi connectivity index (χ2n) is 11.7. The van der Waals surface area contributed by atoms with Gasteiger partial charge in [0.05, 0.1) is 13.2 Å². The van der Waals surface area contributed by atoms with E-state index in [9.17, 15) is 23.1 Å². The Balaban J connectivity index is 1.20. The summed E-state index contributed by atoms with van der Waals surface area (Å²) in [7, 11) is 0. The summed E-state index contributed by atoms with van der Waals surface area (Å²) in [5.74, 6) is 0.0602. The van der Waals surface area contributed by atoms with Crippen molar-refractivity contribution in [3.05, 3.63) is 60.2 Å². The Morgan fingerprint density at radius 1 is 1.05 bits per heavy atom. The van der Waals surface area contributed by atoms with Crippen molar-refractivity contribution in [2.75, 3.05) is 18.5 Å². The van der Waals surface area contributed by atoms with Crippen LogP contribution >= 0.6 is 0 Å². The van der Waals surface area contributed by atoms with E-state index in [4.69, 9.17) is 0 Å². The molecule has 3 aromatic rings. The Kier molecular flexibility index (Phi) is 9.97. The average Bonchev–Trinajstić information content (AvgIpc) is 3.40. The molecular formula is C31H40F3N7O2. The van der Waals surface area contributed by atoms with Crippen molar-refractivity contribution < 1.29 is 23.1 Å². The number of carbonyl (C=O) groups excluding carboxylic acids is 1. The van der Waals surface area contributed by atoms with Gasteiger partial charge in [0.15, 0.2) is 11.6 Å². The molecule has 12 heteroatoms. The van der Waals surface area contributed by atoms with E-state index in [1.54, 1.807) is 36.7 Å². The molecule has 2 unspecified atom stereocenters. The number of hydrogen-bond acceptors (Lipinski definition) is 7. The van der Waals surface area contributed by atoms with Crippen molar-refractivity contribution in [1.29, 1.82) is 0 Å². The highest BCUT2D eigenvalue weighted by Gasteiger charge is 2.51. The number of halogens is 3. The van der Waals surface area contributed by atoms with Gasteiger partial charge in [-0.05, 0) is 56.0 Å². The summed E-state index contributed by atoms with van der Waals surface area (Å²) in [6, 6.07) is 8.81. The monoisotopic (exact) mass is 599 g/mol. The van der Waals surface area contributed by atoms with E-state index in [1.165, 1.54) is 0 Å². The summed E-state index contributed by atoms with van der Waals surface area (Å²) in [4.78, 5) is 17.1. The van der Waals surface area contributed by atoms with Crippen LogP contribution in [0.15, 0.2) is 48.8 Å². The number of rotatable bonds is 9. The van der Waals surface area contributed by atoms with Crippen LogP contribution in [-0.4, -0.2) is 61.7 Å². The third kappa shape index (κ3) is 7.72. The second-order valence-corrected chi connectivity index (χ2v) is 11.7. The number of amides is 1. The lowest BCUT2D eigenvalue weighted by atomic mass is 9.73. The number of anilines is 1. The molecule has 0 bridgehead atoms. The third-order valence-corrected chi connectivity index (χ3v) is 8.78. The molecule has 43 heavy (non-hydrogen) atoms. The van der Waals surface area contributed by atoms with Crippen LogP contribution in [-0.2, 0) is 13.1 Å². The average molecular weight is 600 g/mol. The number of benzene rings is 1. The van der Waals surface area contributed by atoms with Crippen LogP contribution in [0.2, 0.25) is 0 Å². The quantitative estimate of drug-likeness (QED) is 0.271.